The van der Waals surface area contributed by atoms with E-state index in [0.717, 1.165) is 50.0 Å². The minimum atomic E-state index is -4.36. The summed E-state index contributed by atoms with van der Waals surface area (Å²) in [7, 11) is 0. The maximum Gasteiger partial charge on any atom is 0.416 e. The summed E-state index contributed by atoms with van der Waals surface area (Å²) >= 11 is 0. The van der Waals surface area contributed by atoms with Crippen LogP contribution in [-0.2, 0) is 17.5 Å². The maximum atomic E-state index is 12.6. The lowest BCUT2D eigenvalue weighted by molar-refractivity contribution is -0.137. The Morgan fingerprint density at radius 1 is 1.24 bits per heavy atom. The largest absolute Gasteiger partial charge is 0.441 e. The van der Waals surface area contributed by atoms with Crippen LogP contribution in [0, 0.1) is 12.8 Å². The average molecular weight is 352 g/mol. The van der Waals surface area contributed by atoms with Gasteiger partial charge in [-0.15, -0.1) is 0 Å². The molecule has 1 aliphatic rings. The monoisotopic (exact) mass is 352 g/mol. The van der Waals surface area contributed by atoms with Crippen LogP contribution < -0.4 is 0 Å². The van der Waals surface area contributed by atoms with Gasteiger partial charge in [0.1, 0.15) is 12.0 Å². The molecule has 0 atom stereocenters. The first-order valence-corrected chi connectivity index (χ1v) is 8.18. The molecule has 25 heavy (non-hydrogen) atoms. The summed E-state index contributed by atoms with van der Waals surface area (Å²) < 4.78 is 43.5. The number of carbonyl (C=O) groups is 1. The number of nitrogens with zero attached hydrogens (tertiary/aromatic N) is 2. The van der Waals surface area contributed by atoms with Crippen LogP contribution in [0.4, 0.5) is 13.2 Å². The fourth-order valence-electron chi connectivity index (χ4n) is 2.96. The number of oxazole rings is 1. The van der Waals surface area contributed by atoms with Crippen LogP contribution in [0.2, 0.25) is 0 Å². The second kappa shape index (κ2) is 7.00. The Bertz CT molecular complexity index is 730. The molecule has 0 aliphatic carbocycles. The summed E-state index contributed by atoms with van der Waals surface area (Å²) in [6, 6.07) is 4.79. The highest BCUT2D eigenvalue weighted by Crippen LogP contribution is 2.31. The SMILES string of the molecule is Cc1oc(-c2ccc(C(F)(F)F)cc2)nc1CN1CCC(C=O)CC1. The normalized spacial score (nSPS) is 17.0. The predicted octanol–water partition coefficient (Wildman–Crippen LogP) is 4.08. The fourth-order valence-corrected chi connectivity index (χ4v) is 2.96. The minimum absolute atomic E-state index is 0.136. The van der Waals surface area contributed by atoms with Crippen molar-refractivity contribution in [3.05, 3.63) is 41.3 Å². The van der Waals surface area contributed by atoms with E-state index < -0.39 is 11.7 Å². The molecule has 0 N–H and O–H groups in total. The van der Waals surface area contributed by atoms with Gasteiger partial charge in [-0.25, -0.2) is 4.98 Å². The van der Waals surface area contributed by atoms with Crippen molar-refractivity contribution in [2.24, 2.45) is 5.92 Å². The first-order valence-electron chi connectivity index (χ1n) is 8.18. The number of aldehydes is 1. The number of rotatable bonds is 4. The zero-order valence-electron chi connectivity index (χ0n) is 13.8. The number of halogens is 3. The Morgan fingerprint density at radius 3 is 2.44 bits per heavy atom. The van der Waals surface area contributed by atoms with Crippen LogP contribution in [0.5, 0.6) is 0 Å². The van der Waals surface area contributed by atoms with Crippen molar-refractivity contribution in [3.63, 3.8) is 0 Å². The van der Waals surface area contributed by atoms with Crippen molar-refractivity contribution in [1.29, 1.82) is 0 Å². The summed E-state index contributed by atoms with van der Waals surface area (Å²) in [5.74, 6) is 1.12. The smallest absolute Gasteiger partial charge is 0.416 e. The quantitative estimate of drug-likeness (QED) is 0.778. The number of alkyl halides is 3. The maximum absolute atomic E-state index is 12.6. The molecule has 0 unspecified atom stereocenters. The Hall–Kier alpha value is -2.15. The van der Waals surface area contributed by atoms with E-state index >= 15 is 0 Å². The topological polar surface area (TPSA) is 46.3 Å². The van der Waals surface area contributed by atoms with Gasteiger partial charge in [-0.2, -0.15) is 13.2 Å². The molecule has 1 saturated heterocycles. The van der Waals surface area contributed by atoms with Crippen LogP contribution in [0.25, 0.3) is 11.5 Å². The highest BCUT2D eigenvalue weighted by molar-refractivity contribution is 5.54. The number of aromatic nitrogens is 1. The van der Waals surface area contributed by atoms with Crippen molar-refractivity contribution in [1.82, 2.24) is 9.88 Å². The Balaban J connectivity index is 1.71. The van der Waals surface area contributed by atoms with Crippen LogP contribution in [0.3, 0.4) is 0 Å². The molecule has 2 aromatic rings. The molecule has 0 saturated carbocycles. The number of benzene rings is 1. The van der Waals surface area contributed by atoms with E-state index in [2.05, 4.69) is 9.88 Å². The van der Waals surface area contributed by atoms with Crippen molar-refractivity contribution >= 4 is 6.29 Å². The van der Waals surface area contributed by atoms with Gasteiger partial charge in [-0.1, -0.05) is 0 Å². The van der Waals surface area contributed by atoms with Gasteiger partial charge in [0.05, 0.1) is 11.3 Å². The Morgan fingerprint density at radius 2 is 1.88 bits per heavy atom. The molecular formula is C18H19F3N2O2. The second-order valence-corrected chi connectivity index (χ2v) is 6.35. The second-order valence-electron chi connectivity index (χ2n) is 6.35. The average Bonchev–Trinajstić information content (AvgIpc) is 2.96. The zero-order chi connectivity index (χ0) is 18.0. The molecule has 134 valence electrons. The molecule has 0 amide bonds. The van der Waals surface area contributed by atoms with Crippen LogP contribution in [-0.4, -0.2) is 29.3 Å². The molecule has 1 aromatic heterocycles. The number of aryl methyl sites for hydroxylation is 1. The lowest BCUT2D eigenvalue weighted by Crippen LogP contribution is -2.33. The first-order chi connectivity index (χ1) is 11.9. The van der Waals surface area contributed by atoms with Gasteiger partial charge in [-0.3, -0.25) is 4.90 Å². The van der Waals surface area contributed by atoms with Gasteiger partial charge in [0, 0.05) is 18.0 Å². The third-order valence-electron chi connectivity index (χ3n) is 4.55. The van der Waals surface area contributed by atoms with Gasteiger partial charge in [-0.05, 0) is 57.1 Å². The Labute approximate surface area is 143 Å². The summed E-state index contributed by atoms with van der Waals surface area (Å²) in [5.41, 5.74) is 0.597. The standard InChI is InChI=1S/C18H19F3N2O2/c1-12-16(10-23-8-6-13(11-24)7-9-23)22-17(25-12)14-2-4-15(5-3-14)18(19,20)21/h2-5,11,13H,6-10H2,1H3. The zero-order valence-corrected chi connectivity index (χ0v) is 13.8. The number of carbonyl (C=O) groups excluding carboxylic acids is 1. The fraction of sp³-hybridized carbons (Fsp3) is 0.444. The lowest BCUT2D eigenvalue weighted by Gasteiger charge is -2.28. The van der Waals surface area contributed by atoms with Gasteiger partial charge >= 0.3 is 6.18 Å². The molecule has 4 nitrogen and oxygen atoms in total. The minimum Gasteiger partial charge on any atom is -0.441 e. The summed E-state index contributed by atoms with van der Waals surface area (Å²) in [5, 5.41) is 0. The van der Waals surface area contributed by atoms with Gasteiger partial charge in [0.2, 0.25) is 5.89 Å². The van der Waals surface area contributed by atoms with E-state index in [-0.39, 0.29) is 5.92 Å². The first kappa shape index (κ1) is 17.7. The molecule has 0 radical (unpaired) electrons. The van der Waals surface area contributed by atoms with E-state index in [0.29, 0.717) is 23.8 Å². The van der Waals surface area contributed by atoms with E-state index in [4.69, 9.17) is 4.42 Å². The number of likely N-dealkylation sites (tertiary alicyclic amines) is 1. The summed E-state index contributed by atoms with van der Waals surface area (Å²) in [6.07, 6.45) is -1.66. The molecular weight excluding hydrogens is 333 g/mol. The molecule has 1 aliphatic heterocycles. The molecule has 0 spiro atoms. The van der Waals surface area contributed by atoms with Crippen molar-refractivity contribution in [2.45, 2.75) is 32.5 Å². The van der Waals surface area contributed by atoms with E-state index in [9.17, 15) is 18.0 Å². The van der Waals surface area contributed by atoms with Crippen molar-refractivity contribution in [2.75, 3.05) is 13.1 Å². The van der Waals surface area contributed by atoms with Crippen molar-refractivity contribution in [3.8, 4) is 11.5 Å². The van der Waals surface area contributed by atoms with Crippen LogP contribution >= 0.6 is 0 Å². The van der Waals surface area contributed by atoms with Gasteiger partial charge in [0.25, 0.3) is 0 Å². The molecule has 1 fully saturated rings. The molecule has 2 heterocycles. The third kappa shape index (κ3) is 4.10. The predicted molar refractivity (Wildman–Crippen MR) is 85.7 cm³/mol. The number of hydrogen-bond donors (Lipinski definition) is 0. The highest BCUT2D eigenvalue weighted by atomic mass is 19.4. The van der Waals surface area contributed by atoms with E-state index in [1.165, 1.54) is 12.1 Å². The molecule has 1 aromatic carbocycles. The van der Waals surface area contributed by atoms with Crippen LogP contribution in [0.1, 0.15) is 29.9 Å². The third-order valence-corrected chi connectivity index (χ3v) is 4.55. The summed E-state index contributed by atoms with van der Waals surface area (Å²) in [6.45, 7) is 4.06. The van der Waals surface area contributed by atoms with Crippen LogP contribution in [0.15, 0.2) is 28.7 Å². The molecule has 3 rings (SSSR count). The van der Waals surface area contributed by atoms with Crippen molar-refractivity contribution < 1.29 is 22.4 Å². The highest BCUT2D eigenvalue weighted by Gasteiger charge is 2.30. The number of piperidine rings is 1. The van der Waals surface area contributed by atoms with Gasteiger partial charge in [0.15, 0.2) is 0 Å². The summed E-state index contributed by atoms with van der Waals surface area (Å²) in [4.78, 5) is 17.5. The lowest BCUT2D eigenvalue weighted by atomic mass is 9.98. The molecule has 7 heteroatoms. The van der Waals surface area contributed by atoms with E-state index in [1.807, 2.05) is 0 Å². The van der Waals surface area contributed by atoms with Gasteiger partial charge < -0.3 is 9.21 Å². The van der Waals surface area contributed by atoms with E-state index in [1.54, 1.807) is 6.92 Å². The number of hydrogen-bond acceptors (Lipinski definition) is 4. The molecule has 0 bridgehead atoms. The Kier molecular flexibility index (Phi) is 4.94.